The molecule has 0 aliphatic carbocycles. The smallest absolute Gasteiger partial charge is 0.258 e. The van der Waals surface area contributed by atoms with Crippen molar-refractivity contribution in [1.82, 2.24) is 24.7 Å². The van der Waals surface area contributed by atoms with Crippen LogP contribution in [0, 0.1) is 13.8 Å². The molecule has 4 rings (SSSR count). The van der Waals surface area contributed by atoms with Crippen molar-refractivity contribution in [2.45, 2.75) is 33.6 Å². The molecule has 8 heteroatoms. The van der Waals surface area contributed by atoms with Gasteiger partial charge in [-0.15, -0.1) is 10.2 Å². The predicted molar refractivity (Wildman–Crippen MR) is 104 cm³/mol. The number of anilines is 1. The molecular weight excluding hydrogens is 356 g/mol. The van der Waals surface area contributed by atoms with Crippen LogP contribution >= 0.6 is 0 Å². The van der Waals surface area contributed by atoms with Crippen molar-refractivity contribution < 1.29 is 9.32 Å². The first-order valence-electron chi connectivity index (χ1n) is 9.06. The second-order valence-corrected chi connectivity index (χ2v) is 6.73. The van der Waals surface area contributed by atoms with Crippen LogP contribution in [0.3, 0.4) is 0 Å². The number of hydrogen-bond acceptors (Lipinski definition) is 6. The number of aromatic nitrogens is 5. The minimum Gasteiger partial charge on any atom is -0.334 e. The maximum atomic E-state index is 12.4. The van der Waals surface area contributed by atoms with Gasteiger partial charge < -0.3 is 9.84 Å². The first-order valence-corrected chi connectivity index (χ1v) is 9.06. The van der Waals surface area contributed by atoms with Gasteiger partial charge in [0.1, 0.15) is 5.82 Å². The molecule has 0 radical (unpaired) electrons. The Balaban J connectivity index is 1.53. The highest BCUT2D eigenvalue weighted by Crippen LogP contribution is 2.19. The Morgan fingerprint density at radius 2 is 1.93 bits per heavy atom. The van der Waals surface area contributed by atoms with Gasteiger partial charge in [-0.1, -0.05) is 18.1 Å². The van der Waals surface area contributed by atoms with E-state index in [0.29, 0.717) is 29.6 Å². The fraction of sp³-hybridized carbons (Fsp3) is 0.250. The fourth-order valence-electron chi connectivity index (χ4n) is 3.10. The Hall–Kier alpha value is -3.55. The SMILES string of the molecule is CCc1noc(-c2ccn3c(CC(=O)Nc4cc(C)cc(C)c4)nnc3c2)n1. The lowest BCUT2D eigenvalue weighted by Crippen LogP contribution is -2.16. The summed E-state index contributed by atoms with van der Waals surface area (Å²) in [6.45, 7) is 5.96. The van der Waals surface area contributed by atoms with Crippen LogP contribution in [0.15, 0.2) is 41.1 Å². The lowest BCUT2D eigenvalue weighted by molar-refractivity contribution is -0.115. The first-order chi connectivity index (χ1) is 13.5. The van der Waals surface area contributed by atoms with Crippen LogP contribution in [-0.2, 0) is 17.6 Å². The number of fused-ring (bicyclic) bond motifs is 1. The second-order valence-electron chi connectivity index (χ2n) is 6.73. The minimum atomic E-state index is -0.145. The third-order valence-corrected chi connectivity index (χ3v) is 4.34. The molecule has 1 N–H and O–H groups in total. The van der Waals surface area contributed by atoms with Gasteiger partial charge in [-0.3, -0.25) is 9.20 Å². The maximum absolute atomic E-state index is 12.4. The van der Waals surface area contributed by atoms with Gasteiger partial charge in [-0.2, -0.15) is 4.98 Å². The van der Waals surface area contributed by atoms with Crippen molar-refractivity contribution in [3.8, 4) is 11.5 Å². The minimum absolute atomic E-state index is 0.119. The van der Waals surface area contributed by atoms with Crippen LogP contribution in [0.25, 0.3) is 17.1 Å². The first kappa shape index (κ1) is 17.8. The van der Waals surface area contributed by atoms with Crippen molar-refractivity contribution in [3.05, 3.63) is 59.3 Å². The molecule has 0 spiro atoms. The molecule has 3 heterocycles. The van der Waals surface area contributed by atoms with E-state index in [9.17, 15) is 4.79 Å². The largest absolute Gasteiger partial charge is 0.334 e. The lowest BCUT2D eigenvalue weighted by atomic mass is 10.1. The average molecular weight is 376 g/mol. The summed E-state index contributed by atoms with van der Waals surface area (Å²) >= 11 is 0. The molecule has 8 nitrogen and oxygen atoms in total. The summed E-state index contributed by atoms with van der Waals surface area (Å²) in [6, 6.07) is 9.59. The zero-order chi connectivity index (χ0) is 19.7. The van der Waals surface area contributed by atoms with E-state index in [1.807, 2.05) is 45.0 Å². The number of benzene rings is 1. The molecule has 4 aromatic rings. The normalized spacial score (nSPS) is 11.1. The fourth-order valence-corrected chi connectivity index (χ4v) is 3.10. The molecule has 0 bridgehead atoms. The molecule has 3 aromatic heterocycles. The van der Waals surface area contributed by atoms with E-state index in [1.165, 1.54) is 0 Å². The number of carbonyl (C=O) groups is 1. The molecule has 0 fully saturated rings. The maximum Gasteiger partial charge on any atom is 0.258 e. The molecule has 1 amide bonds. The third kappa shape index (κ3) is 3.62. The summed E-state index contributed by atoms with van der Waals surface area (Å²) in [4.78, 5) is 16.8. The van der Waals surface area contributed by atoms with E-state index in [1.54, 1.807) is 10.6 Å². The molecule has 0 atom stereocenters. The summed E-state index contributed by atoms with van der Waals surface area (Å²) in [5.74, 6) is 1.51. The third-order valence-electron chi connectivity index (χ3n) is 4.34. The van der Waals surface area contributed by atoms with Crippen molar-refractivity contribution >= 4 is 17.2 Å². The monoisotopic (exact) mass is 376 g/mol. The van der Waals surface area contributed by atoms with Gasteiger partial charge in [-0.05, 0) is 49.2 Å². The van der Waals surface area contributed by atoms with Gasteiger partial charge >= 0.3 is 0 Å². The van der Waals surface area contributed by atoms with Gasteiger partial charge in [0.15, 0.2) is 11.5 Å². The van der Waals surface area contributed by atoms with Crippen LogP contribution in [0.5, 0.6) is 0 Å². The Labute approximate surface area is 161 Å². The quantitative estimate of drug-likeness (QED) is 0.575. The Bertz CT molecular complexity index is 1140. The molecule has 1 aromatic carbocycles. The zero-order valence-electron chi connectivity index (χ0n) is 15.9. The molecule has 0 saturated heterocycles. The molecular formula is C20H20N6O2. The van der Waals surface area contributed by atoms with Crippen LogP contribution in [0.4, 0.5) is 5.69 Å². The van der Waals surface area contributed by atoms with E-state index >= 15 is 0 Å². The molecule has 0 unspecified atom stereocenters. The number of nitrogens with one attached hydrogen (secondary N) is 1. The zero-order valence-corrected chi connectivity index (χ0v) is 15.9. The Morgan fingerprint density at radius 1 is 1.14 bits per heavy atom. The number of carbonyl (C=O) groups excluding carboxylic acids is 1. The van der Waals surface area contributed by atoms with Gasteiger partial charge in [0.25, 0.3) is 5.89 Å². The Kier molecular flexibility index (Phi) is 4.60. The average Bonchev–Trinajstić information content (AvgIpc) is 3.27. The van der Waals surface area contributed by atoms with Gasteiger partial charge in [0, 0.05) is 23.9 Å². The topological polar surface area (TPSA) is 98.2 Å². The van der Waals surface area contributed by atoms with E-state index in [2.05, 4.69) is 31.7 Å². The van der Waals surface area contributed by atoms with E-state index in [4.69, 9.17) is 4.52 Å². The van der Waals surface area contributed by atoms with Crippen molar-refractivity contribution in [2.75, 3.05) is 5.32 Å². The number of nitrogens with zero attached hydrogens (tertiary/aromatic N) is 5. The van der Waals surface area contributed by atoms with Crippen LogP contribution in [-0.4, -0.2) is 30.6 Å². The number of amides is 1. The number of aryl methyl sites for hydroxylation is 3. The van der Waals surface area contributed by atoms with Crippen LogP contribution in [0.2, 0.25) is 0 Å². The summed E-state index contributed by atoms with van der Waals surface area (Å²) in [6.07, 6.45) is 2.63. The van der Waals surface area contributed by atoms with E-state index in [0.717, 1.165) is 22.4 Å². The molecule has 142 valence electrons. The standard InChI is InChI=1S/C20H20N6O2/c1-4-16-22-20(28-25-16)14-5-6-26-17(10-14)23-24-18(26)11-19(27)21-15-8-12(2)7-13(3)9-15/h5-10H,4,11H2,1-3H3,(H,21,27). The summed E-state index contributed by atoms with van der Waals surface area (Å²) in [5, 5.41) is 15.1. The number of pyridine rings is 1. The highest BCUT2D eigenvalue weighted by atomic mass is 16.5. The second kappa shape index (κ2) is 7.22. The van der Waals surface area contributed by atoms with Crippen molar-refractivity contribution in [1.29, 1.82) is 0 Å². The van der Waals surface area contributed by atoms with Crippen molar-refractivity contribution in [2.24, 2.45) is 0 Å². The molecule has 0 aliphatic heterocycles. The van der Waals surface area contributed by atoms with E-state index < -0.39 is 0 Å². The summed E-state index contributed by atoms with van der Waals surface area (Å²) < 4.78 is 7.04. The Morgan fingerprint density at radius 3 is 2.64 bits per heavy atom. The van der Waals surface area contributed by atoms with Crippen LogP contribution in [0.1, 0.15) is 29.7 Å². The van der Waals surface area contributed by atoms with Crippen molar-refractivity contribution in [3.63, 3.8) is 0 Å². The van der Waals surface area contributed by atoms with Gasteiger partial charge in [-0.25, -0.2) is 0 Å². The molecule has 0 aliphatic rings. The summed E-state index contributed by atoms with van der Waals surface area (Å²) in [7, 11) is 0. The molecule has 28 heavy (non-hydrogen) atoms. The van der Waals surface area contributed by atoms with E-state index in [-0.39, 0.29) is 12.3 Å². The summed E-state index contributed by atoms with van der Waals surface area (Å²) in [5.41, 5.74) is 4.36. The highest BCUT2D eigenvalue weighted by molar-refractivity contribution is 5.92. The van der Waals surface area contributed by atoms with Gasteiger partial charge in [0.05, 0.1) is 6.42 Å². The highest BCUT2D eigenvalue weighted by Gasteiger charge is 2.14. The lowest BCUT2D eigenvalue weighted by Gasteiger charge is -2.07. The number of rotatable bonds is 5. The molecule has 0 saturated carbocycles. The van der Waals surface area contributed by atoms with Crippen LogP contribution < -0.4 is 5.32 Å². The van der Waals surface area contributed by atoms with Gasteiger partial charge in [0.2, 0.25) is 5.91 Å². The number of hydrogen-bond donors (Lipinski definition) is 1. The predicted octanol–water partition coefficient (Wildman–Crippen LogP) is 3.14.